The van der Waals surface area contributed by atoms with Crippen LogP contribution in [0.5, 0.6) is 0 Å². The fourth-order valence-corrected chi connectivity index (χ4v) is 2.28. The summed E-state index contributed by atoms with van der Waals surface area (Å²) in [6.45, 7) is 0. The smallest absolute Gasteiger partial charge is 0.292 e. The number of nitro groups is 2. The third-order valence-corrected chi connectivity index (χ3v) is 3.43. The molecule has 0 aliphatic carbocycles. The Morgan fingerprint density at radius 1 is 1.00 bits per heavy atom. The molecule has 0 saturated carbocycles. The van der Waals surface area contributed by atoms with Gasteiger partial charge < -0.3 is 5.32 Å². The molecule has 0 fully saturated rings. The first-order valence-electron chi connectivity index (χ1n) is 6.80. The van der Waals surface area contributed by atoms with Gasteiger partial charge in [-0.2, -0.15) is 0 Å². The van der Waals surface area contributed by atoms with Crippen LogP contribution in [0.1, 0.15) is 5.56 Å². The first-order valence-corrected chi connectivity index (χ1v) is 7.18. The Bertz CT molecular complexity index is 851. The van der Waals surface area contributed by atoms with Gasteiger partial charge in [-0.15, -0.1) is 0 Å². The van der Waals surface area contributed by atoms with Gasteiger partial charge in [0.05, 0.1) is 16.3 Å². The molecule has 0 aliphatic heterocycles. The molecular formula is C15H10ClN3O6. The maximum absolute atomic E-state index is 12.1. The van der Waals surface area contributed by atoms with Crippen LogP contribution in [0, 0.1) is 20.2 Å². The number of anilines is 1. The lowest BCUT2D eigenvalue weighted by atomic mass is 10.0. The lowest BCUT2D eigenvalue weighted by Crippen LogP contribution is -2.25. The van der Waals surface area contributed by atoms with E-state index in [2.05, 4.69) is 5.32 Å². The summed E-state index contributed by atoms with van der Waals surface area (Å²) in [5, 5.41) is 24.7. The van der Waals surface area contributed by atoms with E-state index in [1.54, 1.807) is 12.1 Å². The Hall–Kier alpha value is -3.33. The van der Waals surface area contributed by atoms with Gasteiger partial charge in [0.15, 0.2) is 0 Å². The van der Waals surface area contributed by atoms with Gasteiger partial charge in [0.2, 0.25) is 5.78 Å². The average Bonchev–Trinajstić information content (AvgIpc) is 2.54. The van der Waals surface area contributed by atoms with Crippen LogP contribution >= 0.6 is 11.6 Å². The van der Waals surface area contributed by atoms with E-state index < -0.39 is 44.9 Å². The molecular weight excluding hydrogens is 354 g/mol. The minimum Gasteiger partial charge on any atom is -0.319 e. The largest absolute Gasteiger partial charge is 0.319 e. The molecule has 2 rings (SSSR count). The molecule has 0 radical (unpaired) electrons. The third kappa shape index (κ3) is 4.36. The number of carbonyl (C=O) groups is 2. The quantitative estimate of drug-likeness (QED) is 0.476. The highest BCUT2D eigenvalue weighted by atomic mass is 35.5. The number of nitro benzene ring substituents is 2. The number of hydrogen-bond acceptors (Lipinski definition) is 6. The van der Waals surface area contributed by atoms with E-state index in [1.165, 1.54) is 12.1 Å². The molecule has 2 aromatic carbocycles. The maximum atomic E-state index is 12.1. The van der Waals surface area contributed by atoms with Gasteiger partial charge in [0.25, 0.3) is 17.3 Å². The fraction of sp³-hybridized carbons (Fsp3) is 0.0667. The molecule has 0 aromatic heterocycles. The van der Waals surface area contributed by atoms with Crippen molar-refractivity contribution in [3.8, 4) is 0 Å². The number of benzene rings is 2. The van der Waals surface area contributed by atoms with Crippen LogP contribution in [0.25, 0.3) is 0 Å². The van der Waals surface area contributed by atoms with Gasteiger partial charge in [-0.3, -0.25) is 29.8 Å². The van der Waals surface area contributed by atoms with Crippen molar-refractivity contribution in [3.05, 3.63) is 73.3 Å². The van der Waals surface area contributed by atoms with Gasteiger partial charge in [-0.25, -0.2) is 0 Å². The molecule has 2 aromatic rings. The molecule has 1 N–H and O–H groups in total. The molecule has 0 heterocycles. The summed E-state index contributed by atoms with van der Waals surface area (Å²) < 4.78 is 0. The number of halogens is 1. The zero-order valence-electron chi connectivity index (χ0n) is 12.5. The van der Waals surface area contributed by atoms with Gasteiger partial charge in [0.1, 0.15) is 5.56 Å². The van der Waals surface area contributed by atoms with Crippen molar-refractivity contribution in [1.82, 2.24) is 0 Å². The second-order valence-corrected chi connectivity index (χ2v) is 5.29. The lowest BCUT2D eigenvalue weighted by molar-refractivity contribution is -0.395. The molecule has 0 atom stereocenters. The third-order valence-electron chi connectivity index (χ3n) is 3.19. The minimum atomic E-state index is -1.06. The molecule has 10 heteroatoms. The summed E-state index contributed by atoms with van der Waals surface area (Å²) in [4.78, 5) is 44.4. The summed E-state index contributed by atoms with van der Waals surface area (Å²) in [5.41, 5.74) is -1.37. The SMILES string of the molecule is O=C(Cc1c([N+](=O)[O-])cccc1[N+](=O)[O-])C(=O)Nc1cccc(Cl)c1. The van der Waals surface area contributed by atoms with Crippen molar-refractivity contribution in [2.75, 3.05) is 5.32 Å². The molecule has 25 heavy (non-hydrogen) atoms. The van der Waals surface area contributed by atoms with Crippen molar-refractivity contribution in [1.29, 1.82) is 0 Å². The summed E-state index contributed by atoms with van der Waals surface area (Å²) >= 11 is 5.76. The van der Waals surface area contributed by atoms with Crippen molar-refractivity contribution in [2.45, 2.75) is 6.42 Å². The molecule has 0 saturated heterocycles. The highest BCUT2D eigenvalue weighted by Gasteiger charge is 2.28. The zero-order valence-corrected chi connectivity index (χ0v) is 13.2. The van der Waals surface area contributed by atoms with Crippen molar-refractivity contribution < 1.29 is 19.4 Å². The molecule has 0 spiro atoms. The number of Topliss-reactive ketones (excluding diaryl/α,β-unsaturated/α-hetero) is 1. The first kappa shape index (κ1) is 18.0. The van der Waals surface area contributed by atoms with Crippen LogP contribution in [0.3, 0.4) is 0 Å². The topological polar surface area (TPSA) is 132 Å². The summed E-state index contributed by atoms with van der Waals surface area (Å²) in [6, 6.07) is 9.21. The van der Waals surface area contributed by atoms with Crippen molar-refractivity contribution >= 4 is 40.4 Å². The second-order valence-electron chi connectivity index (χ2n) is 4.85. The number of carbonyl (C=O) groups excluding carboxylic acids is 2. The predicted octanol–water partition coefficient (Wildman–Crippen LogP) is 2.91. The number of nitrogens with one attached hydrogen (secondary N) is 1. The summed E-state index contributed by atoms with van der Waals surface area (Å²) in [6.07, 6.45) is -0.778. The van der Waals surface area contributed by atoms with E-state index in [4.69, 9.17) is 11.6 Å². The van der Waals surface area contributed by atoms with E-state index in [1.807, 2.05) is 0 Å². The van der Waals surface area contributed by atoms with E-state index in [0.29, 0.717) is 5.02 Å². The van der Waals surface area contributed by atoms with E-state index >= 15 is 0 Å². The minimum absolute atomic E-state index is 0.253. The van der Waals surface area contributed by atoms with Gasteiger partial charge in [-0.1, -0.05) is 17.7 Å². The highest BCUT2D eigenvalue weighted by molar-refractivity contribution is 6.41. The van der Waals surface area contributed by atoms with Crippen LogP contribution in [-0.2, 0) is 16.0 Å². The number of nitrogens with zero attached hydrogens (tertiary/aromatic N) is 2. The van der Waals surface area contributed by atoms with E-state index in [0.717, 1.165) is 18.2 Å². The Kier molecular flexibility index (Phi) is 5.40. The zero-order chi connectivity index (χ0) is 18.6. The Labute approximate surface area is 145 Å². The van der Waals surface area contributed by atoms with Crippen LogP contribution in [0.4, 0.5) is 17.1 Å². The number of amides is 1. The Morgan fingerprint density at radius 2 is 1.56 bits per heavy atom. The van der Waals surface area contributed by atoms with Gasteiger partial charge in [-0.05, 0) is 24.3 Å². The standard InChI is InChI=1S/C15H10ClN3O6/c16-9-3-1-4-10(7-9)17-15(21)14(20)8-11-12(18(22)23)5-2-6-13(11)19(24)25/h1-7H,8H2,(H,17,21). The molecule has 9 nitrogen and oxygen atoms in total. The molecule has 128 valence electrons. The molecule has 0 unspecified atom stereocenters. The van der Waals surface area contributed by atoms with Gasteiger partial charge in [0, 0.05) is 22.8 Å². The molecule has 0 bridgehead atoms. The van der Waals surface area contributed by atoms with Crippen LogP contribution in [0.15, 0.2) is 42.5 Å². The van der Waals surface area contributed by atoms with E-state index in [9.17, 15) is 29.8 Å². The maximum Gasteiger partial charge on any atom is 0.292 e. The van der Waals surface area contributed by atoms with Crippen LogP contribution in [0.2, 0.25) is 5.02 Å². The number of rotatable bonds is 6. The summed E-state index contributed by atoms with van der Waals surface area (Å²) in [7, 11) is 0. The average molecular weight is 364 g/mol. The normalized spacial score (nSPS) is 10.1. The predicted molar refractivity (Wildman–Crippen MR) is 88.5 cm³/mol. The molecule has 1 amide bonds. The number of hydrogen-bond donors (Lipinski definition) is 1. The summed E-state index contributed by atoms with van der Waals surface area (Å²) in [5.74, 6) is -2.12. The fourth-order valence-electron chi connectivity index (χ4n) is 2.09. The van der Waals surface area contributed by atoms with Crippen LogP contribution < -0.4 is 5.32 Å². The van der Waals surface area contributed by atoms with Crippen molar-refractivity contribution in [3.63, 3.8) is 0 Å². The lowest BCUT2D eigenvalue weighted by Gasteiger charge is -2.06. The highest BCUT2D eigenvalue weighted by Crippen LogP contribution is 2.28. The van der Waals surface area contributed by atoms with Crippen LogP contribution in [-0.4, -0.2) is 21.5 Å². The molecule has 0 aliphatic rings. The Balaban J connectivity index is 2.26. The van der Waals surface area contributed by atoms with E-state index in [-0.39, 0.29) is 5.69 Å². The van der Waals surface area contributed by atoms with Crippen molar-refractivity contribution in [2.24, 2.45) is 0 Å². The Morgan fingerprint density at radius 3 is 2.08 bits per heavy atom. The first-order chi connectivity index (χ1) is 11.8. The van der Waals surface area contributed by atoms with Gasteiger partial charge >= 0.3 is 0 Å². The monoisotopic (exact) mass is 363 g/mol. The number of ketones is 1. The second kappa shape index (κ2) is 7.49.